The smallest absolute Gasteiger partial charge is 0.167 e. The largest absolute Gasteiger partial charge is 0.497 e. The first kappa shape index (κ1) is 14.3. The third-order valence-electron chi connectivity index (χ3n) is 2.75. The van der Waals surface area contributed by atoms with Crippen molar-refractivity contribution in [2.45, 2.75) is 6.42 Å². The molecule has 2 aromatic carbocycles. The maximum absolute atomic E-state index is 12.2. The zero-order valence-corrected chi connectivity index (χ0v) is 13.5. The Hall–Kier alpha value is -1.13. The molecule has 19 heavy (non-hydrogen) atoms. The molecule has 0 aliphatic heterocycles. The van der Waals surface area contributed by atoms with E-state index >= 15 is 0 Å². The van der Waals surface area contributed by atoms with E-state index in [0.717, 1.165) is 20.3 Å². The van der Waals surface area contributed by atoms with E-state index in [0.29, 0.717) is 12.0 Å². The van der Waals surface area contributed by atoms with Crippen molar-refractivity contribution < 1.29 is 9.53 Å². The van der Waals surface area contributed by atoms with Gasteiger partial charge in [0, 0.05) is 20.9 Å². The van der Waals surface area contributed by atoms with Gasteiger partial charge in [0.1, 0.15) is 5.75 Å². The van der Waals surface area contributed by atoms with Gasteiger partial charge in [0.05, 0.1) is 7.11 Å². The van der Waals surface area contributed by atoms with Gasteiger partial charge in [-0.15, -0.1) is 0 Å². The van der Waals surface area contributed by atoms with Crippen LogP contribution in [0.1, 0.15) is 15.9 Å². The molecule has 0 aromatic heterocycles. The van der Waals surface area contributed by atoms with Crippen LogP contribution in [0.3, 0.4) is 0 Å². The number of ketones is 1. The Morgan fingerprint density at radius 2 is 1.95 bits per heavy atom. The molecule has 0 amide bonds. The Morgan fingerprint density at radius 1 is 1.16 bits per heavy atom. The van der Waals surface area contributed by atoms with Crippen LogP contribution in [0.25, 0.3) is 0 Å². The molecule has 0 atom stereocenters. The minimum absolute atomic E-state index is 0.0789. The number of benzene rings is 2. The highest BCUT2D eigenvalue weighted by atomic mass is 79.9. The first-order valence-corrected chi connectivity index (χ1v) is 7.30. The molecule has 2 nitrogen and oxygen atoms in total. The number of hydrogen-bond acceptors (Lipinski definition) is 2. The third-order valence-corrected chi connectivity index (χ3v) is 4.02. The zero-order valence-electron chi connectivity index (χ0n) is 10.3. The fraction of sp³-hybridized carbons (Fsp3) is 0.133. The molecule has 4 heteroatoms. The van der Waals surface area contributed by atoms with Gasteiger partial charge in [-0.2, -0.15) is 0 Å². The van der Waals surface area contributed by atoms with Gasteiger partial charge in [-0.05, 0) is 35.9 Å². The fourth-order valence-corrected chi connectivity index (χ4v) is 2.54. The molecule has 0 unspecified atom stereocenters. The van der Waals surface area contributed by atoms with Crippen molar-refractivity contribution in [1.29, 1.82) is 0 Å². The molecule has 0 spiro atoms. The molecule has 98 valence electrons. The summed E-state index contributed by atoms with van der Waals surface area (Å²) in [5, 5.41) is 0. The molecule has 0 radical (unpaired) electrons. The second-order valence-electron chi connectivity index (χ2n) is 4.07. The predicted octanol–water partition coefficient (Wildman–Crippen LogP) is 4.65. The second kappa shape index (κ2) is 6.35. The number of methoxy groups -OCH3 is 1. The Morgan fingerprint density at radius 3 is 2.63 bits per heavy atom. The summed E-state index contributed by atoms with van der Waals surface area (Å²) >= 11 is 6.83. The van der Waals surface area contributed by atoms with Gasteiger partial charge in [0.15, 0.2) is 5.78 Å². The van der Waals surface area contributed by atoms with Crippen molar-refractivity contribution in [2.24, 2.45) is 0 Å². The molecule has 0 bridgehead atoms. The number of halogens is 2. The number of Topliss-reactive ketones (excluding diaryl/α,β-unsaturated/α-hetero) is 1. The lowest BCUT2D eigenvalue weighted by Gasteiger charge is -2.07. The van der Waals surface area contributed by atoms with E-state index in [9.17, 15) is 4.79 Å². The summed E-state index contributed by atoms with van der Waals surface area (Å²) in [6.07, 6.45) is 0.342. The molecule has 2 rings (SSSR count). The molecule has 0 heterocycles. The van der Waals surface area contributed by atoms with Crippen molar-refractivity contribution in [2.75, 3.05) is 7.11 Å². The lowest BCUT2D eigenvalue weighted by Crippen LogP contribution is -2.04. The average molecular weight is 384 g/mol. The van der Waals surface area contributed by atoms with Gasteiger partial charge < -0.3 is 4.74 Å². The maximum Gasteiger partial charge on any atom is 0.167 e. The lowest BCUT2D eigenvalue weighted by atomic mass is 10.0. The number of hydrogen-bond donors (Lipinski definition) is 0. The van der Waals surface area contributed by atoms with Crippen LogP contribution in [0.4, 0.5) is 0 Å². The molecular formula is C15H12Br2O2. The van der Waals surface area contributed by atoms with Crippen LogP contribution in [-0.2, 0) is 6.42 Å². The first-order valence-electron chi connectivity index (χ1n) is 5.71. The topological polar surface area (TPSA) is 26.3 Å². The van der Waals surface area contributed by atoms with Crippen LogP contribution in [0, 0.1) is 0 Å². The summed E-state index contributed by atoms with van der Waals surface area (Å²) in [4.78, 5) is 12.2. The van der Waals surface area contributed by atoms with E-state index in [1.807, 2.05) is 42.5 Å². The van der Waals surface area contributed by atoms with Crippen LogP contribution >= 0.6 is 31.9 Å². The highest BCUT2D eigenvalue weighted by molar-refractivity contribution is 9.10. The van der Waals surface area contributed by atoms with Crippen molar-refractivity contribution in [1.82, 2.24) is 0 Å². The number of carbonyl (C=O) groups excluding carboxylic acids is 1. The average Bonchev–Trinajstić information content (AvgIpc) is 2.41. The molecule has 2 aromatic rings. The van der Waals surface area contributed by atoms with Crippen LogP contribution in [0.2, 0.25) is 0 Å². The zero-order chi connectivity index (χ0) is 13.8. The fourth-order valence-electron chi connectivity index (χ4n) is 1.75. The van der Waals surface area contributed by atoms with Crippen LogP contribution in [-0.4, -0.2) is 12.9 Å². The van der Waals surface area contributed by atoms with E-state index < -0.39 is 0 Å². The lowest BCUT2D eigenvalue weighted by molar-refractivity contribution is 0.0992. The summed E-state index contributed by atoms with van der Waals surface area (Å²) in [6, 6.07) is 13.0. The van der Waals surface area contributed by atoms with Crippen molar-refractivity contribution in [3.8, 4) is 5.75 Å². The van der Waals surface area contributed by atoms with Crippen LogP contribution in [0.5, 0.6) is 5.75 Å². The summed E-state index contributed by atoms with van der Waals surface area (Å²) in [5.74, 6) is 0.829. The van der Waals surface area contributed by atoms with Crippen LogP contribution in [0.15, 0.2) is 51.4 Å². The highest BCUT2D eigenvalue weighted by Crippen LogP contribution is 2.24. The number of carbonyl (C=O) groups is 1. The normalized spacial score (nSPS) is 10.3. The standard InChI is InChI=1S/C15H12Br2O2/c1-19-13-5-6-14(17)11(8-13)9-15(18)10-3-2-4-12(16)7-10/h2-8H,9H2,1H3. The van der Waals surface area contributed by atoms with Crippen molar-refractivity contribution >= 4 is 37.6 Å². The summed E-state index contributed by atoms with van der Waals surface area (Å²) < 4.78 is 7.00. The molecule has 0 saturated heterocycles. The first-order chi connectivity index (χ1) is 9.10. The third kappa shape index (κ3) is 3.67. The van der Waals surface area contributed by atoms with Gasteiger partial charge in [-0.25, -0.2) is 0 Å². The van der Waals surface area contributed by atoms with E-state index in [-0.39, 0.29) is 5.78 Å². The predicted molar refractivity (Wildman–Crippen MR) is 82.9 cm³/mol. The minimum atomic E-state index is 0.0789. The molecule has 0 saturated carbocycles. The summed E-state index contributed by atoms with van der Waals surface area (Å²) in [5.41, 5.74) is 1.62. The summed E-state index contributed by atoms with van der Waals surface area (Å²) in [7, 11) is 1.61. The van der Waals surface area contributed by atoms with Crippen molar-refractivity contribution in [3.63, 3.8) is 0 Å². The molecule has 0 aliphatic carbocycles. The molecule has 0 aliphatic rings. The number of rotatable bonds is 4. The van der Waals surface area contributed by atoms with E-state index in [2.05, 4.69) is 31.9 Å². The van der Waals surface area contributed by atoms with E-state index in [1.54, 1.807) is 7.11 Å². The van der Waals surface area contributed by atoms with Crippen LogP contribution < -0.4 is 4.74 Å². The Labute approximate surface area is 129 Å². The quantitative estimate of drug-likeness (QED) is 0.718. The summed E-state index contributed by atoms with van der Waals surface area (Å²) in [6.45, 7) is 0. The van der Waals surface area contributed by atoms with Gasteiger partial charge in [-0.1, -0.05) is 44.0 Å². The molecule has 0 N–H and O–H groups in total. The van der Waals surface area contributed by atoms with Gasteiger partial charge in [0.2, 0.25) is 0 Å². The maximum atomic E-state index is 12.2. The Balaban J connectivity index is 2.23. The monoisotopic (exact) mass is 382 g/mol. The highest BCUT2D eigenvalue weighted by Gasteiger charge is 2.10. The number of ether oxygens (including phenoxy) is 1. The molecular weight excluding hydrogens is 372 g/mol. The van der Waals surface area contributed by atoms with Crippen molar-refractivity contribution in [3.05, 3.63) is 62.5 Å². The second-order valence-corrected chi connectivity index (χ2v) is 5.84. The van der Waals surface area contributed by atoms with Gasteiger partial charge in [-0.3, -0.25) is 4.79 Å². The minimum Gasteiger partial charge on any atom is -0.497 e. The van der Waals surface area contributed by atoms with E-state index in [1.165, 1.54) is 0 Å². The van der Waals surface area contributed by atoms with Gasteiger partial charge in [0.25, 0.3) is 0 Å². The Bertz CT molecular complexity index is 609. The molecule has 0 fully saturated rings. The Kier molecular flexibility index (Phi) is 4.77. The van der Waals surface area contributed by atoms with E-state index in [4.69, 9.17) is 4.74 Å². The van der Waals surface area contributed by atoms with Gasteiger partial charge >= 0.3 is 0 Å². The SMILES string of the molecule is COc1ccc(Br)c(CC(=O)c2cccc(Br)c2)c1.